The SMILES string of the molecule is CN(Cc1cc(-c2ccccc2)n[nH]1)c1cc(C2CC(N)C2)ncn1.Cl.Cl. The molecule has 0 atom stereocenters. The number of halogens is 2. The van der Waals surface area contributed by atoms with E-state index in [1.165, 1.54) is 0 Å². The molecule has 6 nitrogen and oxygen atoms in total. The van der Waals surface area contributed by atoms with Gasteiger partial charge in [-0.2, -0.15) is 5.10 Å². The second-order valence-corrected chi connectivity index (χ2v) is 6.73. The van der Waals surface area contributed by atoms with E-state index in [1.807, 2.05) is 25.2 Å². The van der Waals surface area contributed by atoms with Gasteiger partial charge in [0.05, 0.1) is 17.9 Å². The van der Waals surface area contributed by atoms with Gasteiger partial charge in [0.2, 0.25) is 0 Å². The van der Waals surface area contributed by atoms with E-state index in [4.69, 9.17) is 5.73 Å². The van der Waals surface area contributed by atoms with E-state index >= 15 is 0 Å². The highest BCUT2D eigenvalue weighted by Gasteiger charge is 2.28. The zero-order valence-corrected chi connectivity index (χ0v) is 16.7. The van der Waals surface area contributed by atoms with E-state index < -0.39 is 0 Å². The number of anilines is 1. The minimum absolute atomic E-state index is 0. The first-order valence-electron chi connectivity index (χ1n) is 8.57. The molecule has 2 aromatic heterocycles. The van der Waals surface area contributed by atoms with Gasteiger partial charge in [0.25, 0.3) is 0 Å². The summed E-state index contributed by atoms with van der Waals surface area (Å²) in [4.78, 5) is 10.9. The van der Waals surface area contributed by atoms with Crippen LogP contribution in [0, 0.1) is 0 Å². The van der Waals surface area contributed by atoms with Crippen molar-refractivity contribution in [3.63, 3.8) is 0 Å². The van der Waals surface area contributed by atoms with Crippen molar-refractivity contribution in [1.82, 2.24) is 20.2 Å². The van der Waals surface area contributed by atoms with Crippen LogP contribution in [0.5, 0.6) is 0 Å². The van der Waals surface area contributed by atoms with Gasteiger partial charge in [-0.3, -0.25) is 5.10 Å². The lowest BCUT2D eigenvalue weighted by Gasteiger charge is -2.32. The van der Waals surface area contributed by atoms with Crippen LogP contribution in [0.4, 0.5) is 5.82 Å². The Hall–Kier alpha value is -2.15. The molecule has 0 saturated heterocycles. The summed E-state index contributed by atoms with van der Waals surface area (Å²) in [6.07, 6.45) is 3.68. The van der Waals surface area contributed by atoms with Crippen LogP contribution in [0.1, 0.15) is 30.1 Å². The molecular formula is C19H24Cl2N6. The molecule has 3 N–H and O–H groups in total. The van der Waals surface area contributed by atoms with Gasteiger partial charge < -0.3 is 10.6 Å². The quantitative estimate of drug-likeness (QED) is 0.676. The van der Waals surface area contributed by atoms with Crippen LogP contribution in [0.2, 0.25) is 0 Å². The van der Waals surface area contributed by atoms with Crippen molar-refractivity contribution in [2.45, 2.75) is 31.3 Å². The van der Waals surface area contributed by atoms with E-state index in [9.17, 15) is 0 Å². The van der Waals surface area contributed by atoms with Crippen LogP contribution in [-0.2, 0) is 6.54 Å². The zero-order chi connectivity index (χ0) is 17.2. The number of aromatic amines is 1. The van der Waals surface area contributed by atoms with Gasteiger partial charge in [-0.05, 0) is 18.9 Å². The molecular weight excluding hydrogens is 383 g/mol. The third-order valence-corrected chi connectivity index (χ3v) is 4.77. The number of hydrogen-bond donors (Lipinski definition) is 2. The van der Waals surface area contributed by atoms with Crippen molar-refractivity contribution in [3.8, 4) is 11.3 Å². The molecule has 3 aromatic rings. The first-order chi connectivity index (χ1) is 12.2. The van der Waals surface area contributed by atoms with E-state index in [1.54, 1.807) is 6.33 Å². The number of nitrogens with one attached hydrogen (secondary N) is 1. The number of benzene rings is 1. The highest BCUT2D eigenvalue weighted by atomic mass is 35.5. The molecule has 1 aliphatic carbocycles. The van der Waals surface area contributed by atoms with Crippen molar-refractivity contribution in [1.29, 1.82) is 0 Å². The molecule has 8 heteroatoms. The molecule has 0 spiro atoms. The lowest BCUT2D eigenvalue weighted by atomic mass is 9.78. The molecule has 1 fully saturated rings. The number of H-pyrrole nitrogens is 1. The fourth-order valence-electron chi connectivity index (χ4n) is 3.23. The number of aromatic nitrogens is 4. The van der Waals surface area contributed by atoms with Gasteiger partial charge in [-0.1, -0.05) is 30.3 Å². The molecule has 144 valence electrons. The third-order valence-electron chi connectivity index (χ3n) is 4.77. The second-order valence-electron chi connectivity index (χ2n) is 6.73. The Kier molecular flexibility index (Phi) is 7.18. The van der Waals surface area contributed by atoms with Crippen LogP contribution in [-0.4, -0.2) is 33.3 Å². The van der Waals surface area contributed by atoms with Gasteiger partial charge in [0, 0.05) is 36.3 Å². The fraction of sp³-hybridized carbons (Fsp3) is 0.316. The van der Waals surface area contributed by atoms with Gasteiger partial charge >= 0.3 is 0 Å². The summed E-state index contributed by atoms with van der Waals surface area (Å²) >= 11 is 0. The van der Waals surface area contributed by atoms with Crippen molar-refractivity contribution < 1.29 is 0 Å². The molecule has 2 heterocycles. The molecule has 4 rings (SSSR count). The molecule has 1 aliphatic rings. The number of hydrogen-bond acceptors (Lipinski definition) is 5. The minimum atomic E-state index is 0. The maximum absolute atomic E-state index is 5.89. The van der Waals surface area contributed by atoms with E-state index in [-0.39, 0.29) is 24.8 Å². The van der Waals surface area contributed by atoms with Crippen LogP contribution < -0.4 is 10.6 Å². The predicted octanol–water partition coefficient (Wildman–Crippen LogP) is 3.55. The highest BCUT2D eigenvalue weighted by Crippen LogP contribution is 2.35. The van der Waals surface area contributed by atoms with E-state index in [0.717, 1.165) is 41.3 Å². The predicted molar refractivity (Wildman–Crippen MR) is 113 cm³/mol. The Morgan fingerprint density at radius 1 is 1.11 bits per heavy atom. The van der Waals surface area contributed by atoms with Crippen molar-refractivity contribution in [3.05, 3.63) is 60.2 Å². The number of rotatable bonds is 5. The van der Waals surface area contributed by atoms with Gasteiger partial charge in [0.15, 0.2) is 0 Å². The number of nitrogens with two attached hydrogens (primary N) is 1. The standard InChI is InChI=1S/C19H22N6.2ClH/c1-25(19-10-17(21-12-22-19)14-7-15(20)8-14)11-16-9-18(24-23-16)13-5-3-2-4-6-13;;/h2-6,9-10,12,14-15H,7-8,11,20H2,1H3,(H,23,24);2*1H. The summed E-state index contributed by atoms with van der Waals surface area (Å²) in [5, 5.41) is 7.53. The summed E-state index contributed by atoms with van der Waals surface area (Å²) < 4.78 is 0. The molecule has 0 aliphatic heterocycles. The Morgan fingerprint density at radius 3 is 2.56 bits per heavy atom. The van der Waals surface area contributed by atoms with Crippen molar-refractivity contribution in [2.75, 3.05) is 11.9 Å². The Labute approximate surface area is 171 Å². The Bertz CT molecular complexity index is 848. The summed E-state index contributed by atoms with van der Waals surface area (Å²) in [6.45, 7) is 0.709. The normalized spacial score (nSPS) is 18.0. The monoisotopic (exact) mass is 406 g/mol. The summed E-state index contributed by atoms with van der Waals surface area (Å²) in [5.74, 6) is 1.39. The van der Waals surface area contributed by atoms with E-state index in [2.05, 4.69) is 49.3 Å². The Balaban J connectivity index is 0.00000131. The van der Waals surface area contributed by atoms with Gasteiger partial charge in [0.1, 0.15) is 12.1 Å². The molecule has 0 unspecified atom stereocenters. The molecule has 0 radical (unpaired) electrons. The zero-order valence-electron chi connectivity index (χ0n) is 15.1. The molecule has 27 heavy (non-hydrogen) atoms. The Morgan fingerprint density at radius 2 is 1.85 bits per heavy atom. The molecule has 0 bridgehead atoms. The number of nitrogens with zero attached hydrogens (tertiary/aromatic N) is 4. The second kappa shape index (κ2) is 9.17. The molecule has 0 amide bonds. The largest absolute Gasteiger partial charge is 0.354 e. The summed E-state index contributed by atoms with van der Waals surface area (Å²) in [6, 6.07) is 14.6. The van der Waals surface area contributed by atoms with Crippen LogP contribution in [0.15, 0.2) is 48.8 Å². The average molecular weight is 407 g/mol. The first kappa shape index (κ1) is 21.2. The smallest absolute Gasteiger partial charge is 0.132 e. The summed E-state index contributed by atoms with van der Waals surface area (Å²) in [5.41, 5.74) is 10.1. The fourth-order valence-corrected chi connectivity index (χ4v) is 3.23. The maximum Gasteiger partial charge on any atom is 0.132 e. The van der Waals surface area contributed by atoms with Crippen LogP contribution in [0.25, 0.3) is 11.3 Å². The lowest BCUT2D eigenvalue weighted by molar-refractivity contribution is 0.345. The average Bonchev–Trinajstić information content (AvgIpc) is 3.08. The van der Waals surface area contributed by atoms with Crippen molar-refractivity contribution in [2.24, 2.45) is 5.73 Å². The minimum Gasteiger partial charge on any atom is -0.354 e. The highest BCUT2D eigenvalue weighted by molar-refractivity contribution is 5.85. The van der Waals surface area contributed by atoms with Gasteiger partial charge in [-0.15, -0.1) is 24.8 Å². The van der Waals surface area contributed by atoms with Gasteiger partial charge in [-0.25, -0.2) is 9.97 Å². The van der Waals surface area contributed by atoms with Crippen LogP contribution in [0.3, 0.4) is 0 Å². The maximum atomic E-state index is 5.89. The third kappa shape index (κ3) is 4.77. The first-order valence-corrected chi connectivity index (χ1v) is 8.57. The summed E-state index contributed by atoms with van der Waals surface area (Å²) in [7, 11) is 2.03. The topological polar surface area (TPSA) is 83.7 Å². The molecule has 1 aromatic carbocycles. The van der Waals surface area contributed by atoms with Crippen LogP contribution >= 0.6 is 24.8 Å². The van der Waals surface area contributed by atoms with E-state index in [0.29, 0.717) is 18.5 Å². The lowest BCUT2D eigenvalue weighted by Crippen LogP contribution is -2.35. The molecule has 1 saturated carbocycles. The van der Waals surface area contributed by atoms with Crippen molar-refractivity contribution >= 4 is 30.6 Å².